The molecule has 1 aliphatic carbocycles. The summed E-state index contributed by atoms with van der Waals surface area (Å²) in [5.74, 6) is 0. The molecule has 2 atom stereocenters. The van der Waals surface area contributed by atoms with Crippen LogP contribution in [0.4, 0.5) is 0 Å². The van der Waals surface area contributed by atoms with E-state index >= 15 is 0 Å². The Morgan fingerprint density at radius 2 is 2.38 bits per heavy atom. The Hall–Kier alpha value is -0.870. The number of hydrogen-bond donors (Lipinski definition) is 2. The second kappa shape index (κ2) is 4.97. The van der Waals surface area contributed by atoms with Gasteiger partial charge in [-0.2, -0.15) is 0 Å². The van der Waals surface area contributed by atoms with Crippen molar-refractivity contribution in [3.05, 3.63) is 18.2 Å². The van der Waals surface area contributed by atoms with Crippen molar-refractivity contribution in [1.29, 1.82) is 0 Å². The molecule has 0 saturated heterocycles. The molecule has 0 bridgehead atoms. The van der Waals surface area contributed by atoms with E-state index in [-0.39, 0.29) is 6.04 Å². The Kier molecular flexibility index (Phi) is 3.61. The predicted octanol–water partition coefficient (Wildman–Crippen LogP) is 1.61. The minimum Gasteiger partial charge on any atom is -0.330 e. The molecule has 1 aromatic heterocycles. The molecule has 2 unspecified atom stereocenters. The molecular weight excluding hydrogens is 200 g/mol. The number of aromatic nitrogens is 2. The zero-order valence-electron chi connectivity index (χ0n) is 10.2. The van der Waals surface area contributed by atoms with Crippen LogP contribution in [0.25, 0.3) is 0 Å². The monoisotopic (exact) mass is 222 g/mol. The van der Waals surface area contributed by atoms with E-state index in [9.17, 15) is 0 Å². The Morgan fingerprint density at radius 3 is 2.94 bits per heavy atom. The van der Waals surface area contributed by atoms with Crippen LogP contribution in [0, 0.1) is 0 Å². The van der Waals surface area contributed by atoms with E-state index in [4.69, 9.17) is 5.73 Å². The Labute approximate surface area is 97.2 Å². The maximum Gasteiger partial charge on any atom is 0.0951 e. The summed E-state index contributed by atoms with van der Waals surface area (Å²) in [6, 6.07) is 1.40. The van der Waals surface area contributed by atoms with Crippen LogP contribution in [0.2, 0.25) is 0 Å². The lowest BCUT2D eigenvalue weighted by molar-refractivity contribution is 0.432. The van der Waals surface area contributed by atoms with Crippen molar-refractivity contribution in [2.24, 2.45) is 5.73 Å². The van der Waals surface area contributed by atoms with Crippen LogP contribution in [0.15, 0.2) is 12.5 Å². The topological polar surface area (TPSA) is 55.9 Å². The molecule has 0 aliphatic heterocycles. The maximum absolute atomic E-state index is 5.85. The van der Waals surface area contributed by atoms with Gasteiger partial charge in [-0.1, -0.05) is 6.92 Å². The number of hydrogen-bond acceptors (Lipinski definition) is 3. The van der Waals surface area contributed by atoms with E-state index in [0.29, 0.717) is 18.6 Å². The number of imidazole rings is 1. The van der Waals surface area contributed by atoms with Gasteiger partial charge in [0.1, 0.15) is 0 Å². The first-order chi connectivity index (χ1) is 7.76. The van der Waals surface area contributed by atoms with E-state index in [2.05, 4.69) is 28.7 Å². The van der Waals surface area contributed by atoms with Gasteiger partial charge in [0, 0.05) is 24.8 Å². The van der Waals surface area contributed by atoms with Crippen LogP contribution in [0.5, 0.6) is 0 Å². The molecule has 90 valence electrons. The summed E-state index contributed by atoms with van der Waals surface area (Å²) in [7, 11) is 0. The quantitative estimate of drug-likeness (QED) is 0.768. The van der Waals surface area contributed by atoms with Gasteiger partial charge in [0.05, 0.1) is 18.1 Å². The summed E-state index contributed by atoms with van der Waals surface area (Å²) in [6.45, 7) is 5.01. The first kappa shape index (κ1) is 11.6. The molecule has 16 heavy (non-hydrogen) atoms. The van der Waals surface area contributed by atoms with Crippen molar-refractivity contribution in [2.45, 2.75) is 51.2 Å². The normalized spacial score (nSPS) is 19.7. The van der Waals surface area contributed by atoms with Crippen molar-refractivity contribution in [3.8, 4) is 0 Å². The fourth-order valence-electron chi connectivity index (χ4n) is 1.98. The van der Waals surface area contributed by atoms with Crippen molar-refractivity contribution < 1.29 is 0 Å². The van der Waals surface area contributed by atoms with E-state index in [1.54, 1.807) is 0 Å². The first-order valence-electron chi connectivity index (χ1n) is 6.24. The average Bonchev–Trinajstić information content (AvgIpc) is 3.04. The zero-order valence-corrected chi connectivity index (χ0v) is 10.2. The third kappa shape index (κ3) is 2.44. The highest BCUT2D eigenvalue weighted by molar-refractivity contribution is 5.09. The smallest absolute Gasteiger partial charge is 0.0951 e. The molecule has 1 aromatic rings. The van der Waals surface area contributed by atoms with Crippen LogP contribution in [-0.4, -0.2) is 22.1 Å². The van der Waals surface area contributed by atoms with Crippen LogP contribution >= 0.6 is 0 Å². The van der Waals surface area contributed by atoms with Crippen LogP contribution < -0.4 is 11.1 Å². The molecular formula is C12H22N4. The summed E-state index contributed by atoms with van der Waals surface area (Å²) in [5.41, 5.74) is 7.09. The highest BCUT2D eigenvalue weighted by atomic mass is 15.1. The molecule has 1 fully saturated rings. The molecule has 0 aromatic carbocycles. The van der Waals surface area contributed by atoms with Gasteiger partial charge in [0.2, 0.25) is 0 Å². The Morgan fingerprint density at radius 1 is 1.62 bits per heavy atom. The second-order valence-electron chi connectivity index (χ2n) is 4.72. The highest BCUT2D eigenvalue weighted by Gasteiger charge is 2.27. The van der Waals surface area contributed by atoms with Gasteiger partial charge in [0.15, 0.2) is 0 Å². The molecule has 1 heterocycles. The fourth-order valence-corrected chi connectivity index (χ4v) is 1.98. The standard InChI is InChI=1S/C12H22N4/c1-3-9(2)15-11(6-13)12-7-14-8-16(12)10-4-5-10/h7-11,15H,3-6,13H2,1-2H3. The number of rotatable bonds is 6. The van der Waals surface area contributed by atoms with E-state index in [0.717, 1.165) is 6.42 Å². The van der Waals surface area contributed by atoms with Gasteiger partial charge in [0.25, 0.3) is 0 Å². The third-order valence-corrected chi connectivity index (χ3v) is 3.33. The summed E-state index contributed by atoms with van der Waals surface area (Å²) in [5, 5.41) is 3.56. The molecule has 3 N–H and O–H groups in total. The molecule has 0 radical (unpaired) electrons. The second-order valence-corrected chi connectivity index (χ2v) is 4.72. The van der Waals surface area contributed by atoms with Crippen LogP contribution in [-0.2, 0) is 0 Å². The Bertz CT molecular complexity index is 330. The van der Waals surface area contributed by atoms with Gasteiger partial charge in [-0.05, 0) is 26.2 Å². The van der Waals surface area contributed by atoms with E-state index < -0.39 is 0 Å². The molecule has 0 amide bonds. The largest absolute Gasteiger partial charge is 0.330 e. The van der Waals surface area contributed by atoms with Gasteiger partial charge in [-0.15, -0.1) is 0 Å². The predicted molar refractivity (Wildman–Crippen MR) is 65.2 cm³/mol. The lowest BCUT2D eigenvalue weighted by Gasteiger charge is -2.22. The molecule has 1 saturated carbocycles. The molecule has 0 spiro atoms. The molecule has 4 heteroatoms. The lowest BCUT2D eigenvalue weighted by atomic mass is 10.1. The first-order valence-corrected chi connectivity index (χ1v) is 6.24. The SMILES string of the molecule is CCC(C)NC(CN)c1cncn1C1CC1. The Balaban J connectivity index is 2.09. The highest BCUT2D eigenvalue weighted by Crippen LogP contribution is 2.36. The summed E-state index contributed by atoms with van der Waals surface area (Å²) >= 11 is 0. The fraction of sp³-hybridized carbons (Fsp3) is 0.750. The minimum absolute atomic E-state index is 0.234. The molecule has 2 rings (SSSR count). The number of nitrogens with zero attached hydrogens (tertiary/aromatic N) is 2. The van der Waals surface area contributed by atoms with Gasteiger partial charge in [-0.25, -0.2) is 4.98 Å². The van der Waals surface area contributed by atoms with Crippen LogP contribution in [0.3, 0.4) is 0 Å². The molecule has 4 nitrogen and oxygen atoms in total. The summed E-state index contributed by atoms with van der Waals surface area (Å²) in [6.07, 6.45) is 7.57. The van der Waals surface area contributed by atoms with Gasteiger partial charge < -0.3 is 15.6 Å². The summed E-state index contributed by atoms with van der Waals surface area (Å²) in [4.78, 5) is 4.25. The van der Waals surface area contributed by atoms with Crippen molar-refractivity contribution >= 4 is 0 Å². The number of nitrogens with one attached hydrogen (secondary N) is 1. The van der Waals surface area contributed by atoms with E-state index in [1.165, 1.54) is 18.5 Å². The van der Waals surface area contributed by atoms with Gasteiger partial charge >= 0.3 is 0 Å². The van der Waals surface area contributed by atoms with Crippen LogP contribution in [0.1, 0.15) is 50.9 Å². The van der Waals surface area contributed by atoms with Crippen molar-refractivity contribution in [3.63, 3.8) is 0 Å². The number of nitrogens with two attached hydrogens (primary N) is 1. The summed E-state index contributed by atoms with van der Waals surface area (Å²) < 4.78 is 2.28. The van der Waals surface area contributed by atoms with Gasteiger partial charge in [-0.3, -0.25) is 0 Å². The van der Waals surface area contributed by atoms with E-state index in [1.807, 2.05) is 12.5 Å². The average molecular weight is 222 g/mol. The van der Waals surface area contributed by atoms with Crippen molar-refractivity contribution in [2.75, 3.05) is 6.54 Å². The van der Waals surface area contributed by atoms with Crippen molar-refractivity contribution in [1.82, 2.24) is 14.9 Å². The lowest BCUT2D eigenvalue weighted by Crippen LogP contribution is -2.35. The molecule has 1 aliphatic rings. The third-order valence-electron chi connectivity index (χ3n) is 3.33. The maximum atomic E-state index is 5.85. The minimum atomic E-state index is 0.234. The zero-order chi connectivity index (χ0) is 11.5.